The number of carbonyl (C=O) groups excluding carboxylic acids is 1. The Morgan fingerprint density at radius 1 is 1.00 bits per heavy atom. The molecular weight excluding hydrogens is 388 g/mol. The lowest BCUT2D eigenvalue weighted by atomic mass is 10.0. The van der Waals surface area contributed by atoms with Crippen molar-refractivity contribution < 1.29 is 9.53 Å². The molecule has 4 rings (SSSR count). The number of aromatic nitrogens is 2. The third-order valence-electron chi connectivity index (χ3n) is 4.51. The first-order valence-electron chi connectivity index (χ1n) is 9.07. The maximum atomic E-state index is 12.6. The first kappa shape index (κ1) is 18.9. The number of rotatable bonds is 5. The Hall–Kier alpha value is -3.44. The van der Waals surface area contributed by atoms with Crippen LogP contribution in [-0.2, 0) is 17.8 Å². The van der Waals surface area contributed by atoms with Crippen molar-refractivity contribution in [3.8, 4) is 5.75 Å². The normalized spacial score (nSPS) is 10.8. The monoisotopic (exact) mass is 404 g/mol. The molecule has 0 aliphatic heterocycles. The van der Waals surface area contributed by atoms with Crippen molar-refractivity contribution in [1.29, 1.82) is 0 Å². The number of nitrogens with zero attached hydrogens (tertiary/aromatic N) is 2. The highest BCUT2D eigenvalue weighted by molar-refractivity contribution is 6.30. The van der Waals surface area contributed by atoms with Crippen LogP contribution < -0.4 is 10.3 Å². The van der Waals surface area contributed by atoms with Crippen molar-refractivity contribution >= 4 is 28.5 Å². The molecule has 5 nitrogen and oxygen atoms in total. The number of halogens is 1. The summed E-state index contributed by atoms with van der Waals surface area (Å²) in [6, 6.07) is 21.9. The Kier molecular flexibility index (Phi) is 5.40. The number of para-hydroxylation sites is 1. The second-order valence-electron chi connectivity index (χ2n) is 6.58. The fourth-order valence-corrected chi connectivity index (χ4v) is 3.31. The van der Waals surface area contributed by atoms with E-state index in [0.717, 1.165) is 11.1 Å². The molecule has 0 aliphatic rings. The molecule has 0 bridgehead atoms. The summed E-state index contributed by atoms with van der Waals surface area (Å²) in [5, 5.41) is 1.02. The van der Waals surface area contributed by atoms with Gasteiger partial charge in [-0.25, -0.2) is 9.78 Å². The van der Waals surface area contributed by atoms with Crippen molar-refractivity contribution in [3.05, 3.63) is 106 Å². The van der Waals surface area contributed by atoms with E-state index >= 15 is 0 Å². The van der Waals surface area contributed by atoms with Gasteiger partial charge in [0.25, 0.3) is 5.56 Å². The molecule has 4 aromatic rings. The van der Waals surface area contributed by atoms with E-state index in [1.54, 1.807) is 36.4 Å². The molecular formula is C23H17ClN2O3. The number of fused-ring (bicyclic) bond motifs is 1. The molecule has 29 heavy (non-hydrogen) atoms. The fraction of sp³-hybridized carbons (Fsp3) is 0.0870. The zero-order valence-corrected chi connectivity index (χ0v) is 16.2. The van der Waals surface area contributed by atoms with Crippen LogP contribution in [0.25, 0.3) is 10.9 Å². The van der Waals surface area contributed by atoms with Crippen molar-refractivity contribution in [1.82, 2.24) is 9.55 Å². The second-order valence-corrected chi connectivity index (χ2v) is 7.02. The van der Waals surface area contributed by atoms with Crippen LogP contribution in [0.5, 0.6) is 5.75 Å². The molecule has 0 N–H and O–H groups in total. The van der Waals surface area contributed by atoms with E-state index in [0.29, 0.717) is 28.1 Å². The largest absolute Gasteiger partial charge is 0.425 e. The minimum absolute atomic E-state index is 0.232. The van der Waals surface area contributed by atoms with E-state index in [1.807, 2.05) is 36.4 Å². The summed E-state index contributed by atoms with van der Waals surface area (Å²) in [6.07, 6.45) is 1.93. The lowest BCUT2D eigenvalue weighted by Crippen LogP contribution is -2.27. The van der Waals surface area contributed by atoms with Crippen molar-refractivity contribution in [3.63, 3.8) is 0 Å². The molecule has 0 spiro atoms. The molecule has 0 unspecified atom stereocenters. The van der Waals surface area contributed by atoms with E-state index < -0.39 is 5.97 Å². The number of carbonyl (C=O) groups is 1. The summed E-state index contributed by atoms with van der Waals surface area (Å²) in [6.45, 7) is -0.232. The lowest BCUT2D eigenvalue weighted by molar-refractivity contribution is -0.135. The van der Waals surface area contributed by atoms with Crippen LogP contribution in [0.4, 0.5) is 0 Å². The van der Waals surface area contributed by atoms with Gasteiger partial charge in [-0.05, 0) is 35.9 Å². The molecule has 0 amide bonds. The van der Waals surface area contributed by atoms with Gasteiger partial charge in [-0.15, -0.1) is 0 Å². The third-order valence-corrected chi connectivity index (χ3v) is 4.75. The predicted octanol–water partition coefficient (Wildman–Crippen LogP) is 4.25. The van der Waals surface area contributed by atoms with E-state index in [4.69, 9.17) is 16.3 Å². The maximum absolute atomic E-state index is 12.6. The number of ether oxygens (including phenoxy) is 1. The van der Waals surface area contributed by atoms with Crippen LogP contribution >= 0.6 is 11.6 Å². The molecule has 3 aromatic carbocycles. The van der Waals surface area contributed by atoms with E-state index in [2.05, 4.69) is 4.98 Å². The van der Waals surface area contributed by atoms with Crippen molar-refractivity contribution in [2.24, 2.45) is 0 Å². The van der Waals surface area contributed by atoms with Gasteiger partial charge in [0.05, 0.1) is 17.2 Å². The van der Waals surface area contributed by atoms with Crippen LogP contribution in [0.15, 0.2) is 83.9 Å². The summed E-state index contributed by atoms with van der Waals surface area (Å²) in [7, 11) is 0. The predicted molar refractivity (Wildman–Crippen MR) is 112 cm³/mol. The van der Waals surface area contributed by atoms with Gasteiger partial charge in [-0.2, -0.15) is 0 Å². The average Bonchev–Trinajstić information content (AvgIpc) is 2.73. The second kappa shape index (κ2) is 8.29. The summed E-state index contributed by atoms with van der Waals surface area (Å²) in [5.74, 6) is -0.133. The fourth-order valence-electron chi connectivity index (χ4n) is 3.11. The number of hydrogen-bond acceptors (Lipinski definition) is 4. The number of benzene rings is 3. The van der Waals surface area contributed by atoms with E-state index in [9.17, 15) is 9.59 Å². The topological polar surface area (TPSA) is 61.2 Å². The molecule has 0 saturated carbocycles. The van der Waals surface area contributed by atoms with Crippen molar-refractivity contribution in [2.45, 2.75) is 13.0 Å². The minimum Gasteiger partial charge on any atom is -0.425 e. The summed E-state index contributed by atoms with van der Waals surface area (Å²) < 4.78 is 6.81. The summed E-state index contributed by atoms with van der Waals surface area (Å²) in [5.41, 5.74) is 2.17. The quantitative estimate of drug-likeness (QED) is 0.368. The Bertz CT molecular complexity index is 1240. The molecule has 0 fully saturated rings. The van der Waals surface area contributed by atoms with Crippen LogP contribution in [0.1, 0.15) is 11.1 Å². The molecule has 1 heterocycles. The highest BCUT2D eigenvalue weighted by Crippen LogP contribution is 2.25. The van der Waals surface area contributed by atoms with Gasteiger partial charge in [0.2, 0.25) is 0 Å². The summed E-state index contributed by atoms with van der Waals surface area (Å²) in [4.78, 5) is 29.3. The lowest BCUT2D eigenvalue weighted by Gasteiger charge is -2.12. The van der Waals surface area contributed by atoms with Crippen LogP contribution in [0.2, 0.25) is 5.02 Å². The van der Waals surface area contributed by atoms with Gasteiger partial charge in [-0.1, -0.05) is 54.1 Å². The first-order valence-corrected chi connectivity index (χ1v) is 9.45. The zero-order chi connectivity index (χ0) is 20.2. The number of esters is 1. The van der Waals surface area contributed by atoms with Crippen LogP contribution in [0.3, 0.4) is 0 Å². The Morgan fingerprint density at radius 3 is 2.59 bits per heavy atom. The van der Waals surface area contributed by atoms with Gasteiger partial charge >= 0.3 is 5.97 Å². The number of hydrogen-bond donors (Lipinski definition) is 0. The smallest absolute Gasteiger partial charge is 0.331 e. The molecule has 0 atom stereocenters. The molecule has 0 saturated heterocycles. The molecule has 6 heteroatoms. The van der Waals surface area contributed by atoms with Gasteiger partial charge < -0.3 is 4.74 Å². The molecule has 0 aliphatic carbocycles. The Balaban J connectivity index is 1.56. The van der Waals surface area contributed by atoms with Crippen LogP contribution in [-0.4, -0.2) is 15.5 Å². The Labute approximate surface area is 172 Å². The van der Waals surface area contributed by atoms with Gasteiger partial charge in [-0.3, -0.25) is 9.36 Å². The van der Waals surface area contributed by atoms with Gasteiger partial charge in [0, 0.05) is 17.0 Å². The zero-order valence-electron chi connectivity index (χ0n) is 15.4. The van der Waals surface area contributed by atoms with Crippen molar-refractivity contribution in [2.75, 3.05) is 0 Å². The van der Waals surface area contributed by atoms with Gasteiger partial charge in [0.1, 0.15) is 12.3 Å². The SMILES string of the molecule is O=C(Cn1cnc2ccccc2c1=O)Oc1ccc(Cl)cc1Cc1ccccc1. The highest BCUT2D eigenvalue weighted by Gasteiger charge is 2.13. The molecule has 1 aromatic heterocycles. The van der Waals surface area contributed by atoms with E-state index in [-0.39, 0.29) is 12.1 Å². The van der Waals surface area contributed by atoms with Gasteiger partial charge in [0.15, 0.2) is 0 Å². The molecule has 0 radical (unpaired) electrons. The maximum Gasteiger partial charge on any atom is 0.331 e. The van der Waals surface area contributed by atoms with Crippen LogP contribution in [0, 0.1) is 0 Å². The molecule has 144 valence electrons. The Morgan fingerprint density at radius 2 is 1.76 bits per heavy atom. The standard InChI is InChI=1S/C23H17ClN2O3/c24-18-10-11-21(17(13-18)12-16-6-2-1-3-7-16)29-22(27)14-26-15-25-20-9-5-4-8-19(20)23(26)28/h1-11,13,15H,12,14H2. The highest BCUT2D eigenvalue weighted by atomic mass is 35.5. The third kappa shape index (κ3) is 4.36. The van der Waals surface area contributed by atoms with E-state index in [1.165, 1.54) is 10.9 Å². The minimum atomic E-state index is -0.555. The summed E-state index contributed by atoms with van der Waals surface area (Å²) >= 11 is 6.13. The average molecular weight is 405 g/mol. The first-order chi connectivity index (χ1) is 14.1.